The summed E-state index contributed by atoms with van der Waals surface area (Å²) in [6, 6.07) is 9.82. The second kappa shape index (κ2) is 6.51. The van der Waals surface area contributed by atoms with Crippen molar-refractivity contribution in [2.75, 3.05) is 7.05 Å². The Labute approximate surface area is 142 Å². The summed E-state index contributed by atoms with van der Waals surface area (Å²) < 4.78 is 32.8. The van der Waals surface area contributed by atoms with E-state index in [1.165, 1.54) is 15.5 Å². The lowest BCUT2D eigenvalue weighted by Gasteiger charge is -2.25. The molecular weight excluding hydrogens is 330 g/mol. The summed E-state index contributed by atoms with van der Waals surface area (Å²) in [6.45, 7) is 1.49. The first kappa shape index (κ1) is 16.9. The van der Waals surface area contributed by atoms with Gasteiger partial charge in [0.25, 0.3) is 0 Å². The van der Waals surface area contributed by atoms with Crippen LogP contribution >= 0.6 is 0 Å². The van der Waals surface area contributed by atoms with Crippen LogP contribution in [0.1, 0.15) is 18.5 Å². The predicted octanol–water partition coefficient (Wildman–Crippen LogP) is 3.09. The van der Waals surface area contributed by atoms with Crippen molar-refractivity contribution in [2.24, 2.45) is 0 Å². The second-order valence-corrected chi connectivity index (χ2v) is 5.78. The number of hydrogen-bond donors (Lipinski definition) is 0. The predicted molar refractivity (Wildman–Crippen MR) is 88.0 cm³/mol. The van der Waals surface area contributed by atoms with Crippen molar-refractivity contribution in [1.82, 2.24) is 9.47 Å². The number of amides is 1. The van der Waals surface area contributed by atoms with Gasteiger partial charge in [-0.05, 0) is 36.8 Å². The fourth-order valence-electron chi connectivity index (χ4n) is 2.62. The summed E-state index contributed by atoms with van der Waals surface area (Å²) >= 11 is 0. The van der Waals surface area contributed by atoms with Gasteiger partial charge < -0.3 is 9.32 Å². The van der Waals surface area contributed by atoms with Crippen LogP contribution in [0.2, 0.25) is 0 Å². The maximum absolute atomic E-state index is 13.4. The van der Waals surface area contributed by atoms with Gasteiger partial charge in [0.2, 0.25) is 5.91 Å². The topological polar surface area (TPSA) is 55.5 Å². The summed E-state index contributed by atoms with van der Waals surface area (Å²) in [7, 11) is 1.54. The SMILES string of the molecule is CC(c1ccc(F)c(F)c1)N(C)C(=O)Cn1c(=O)oc2ccccc21. The Hall–Kier alpha value is -2.96. The summed E-state index contributed by atoms with van der Waals surface area (Å²) in [5.41, 5.74) is 1.38. The first-order valence-corrected chi connectivity index (χ1v) is 7.67. The van der Waals surface area contributed by atoms with Gasteiger partial charge in [-0.3, -0.25) is 9.36 Å². The van der Waals surface area contributed by atoms with E-state index in [4.69, 9.17) is 4.42 Å². The largest absolute Gasteiger partial charge is 0.420 e. The van der Waals surface area contributed by atoms with Gasteiger partial charge in [-0.25, -0.2) is 13.6 Å². The molecule has 0 radical (unpaired) electrons. The molecule has 1 unspecified atom stereocenters. The average Bonchev–Trinajstić information content (AvgIpc) is 2.91. The average molecular weight is 346 g/mol. The first-order valence-electron chi connectivity index (χ1n) is 7.67. The van der Waals surface area contributed by atoms with E-state index in [2.05, 4.69) is 0 Å². The Morgan fingerprint density at radius 3 is 2.64 bits per heavy atom. The molecule has 1 amide bonds. The number of rotatable bonds is 4. The van der Waals surface area contributed by atoms with Gasteiger partial charge in [-0.15, -0.1) is 0 Å². The molecule has 2 aromatic carbocycles. The van der Waals surface area contributed by atoms with E-state index in [1.54, 1.807) is 38.2 Å². The van der Waals surface area contributed by atoms with Crippen molar-refractivity contribution in [3.05, 3.63) is 70.2 Å². The Bertz CT molecular complexity index is 993. The Morgan fingerprint density at radius 1 is 1.20 bits per heavy atom. The summed E-state index contributed by atoms with van der Waals surface area (Å²) in [5.74, 6) is -2.89. The minimum absolute atomic E-state index is 0.208. The molecule has 1 aromatic heterocycles. The normalized spacial score (nSPS) is 12.3. The number of hydrogen-bond acceptors (Lipinski definition) is 3. The maximum atomic E-state index is 13.4. The van der Waals surface area contributed by atoms with Crippen LogP contribution in [0.15, 0.2) is 51.7 Å². The number of aromatic nitrogens is 1. The standard InChI is InChI=1S/C18H16F2N2O3/c1-11(12-7-8-13(19)14(20)9-12)21(2)17(23)10-22-15-5-3-4-6-16(15)25-18(22)24/h3-9,11H,10H2,1-2H3. The van der Waals surface area contributed by atoms with Gasteiger partial charge in [0.15, 0.2) is 17.2 Å². The molecule has 0 saturated carbocycles. The van der Waals surface area contributed by atoms with E-state index in [0.717, 1.165) is 12.1 Å². The molecule has 7 heteroatoms. The Balaban J connectivity index is 1.83. The van der Waals surface area contributed by atoms with Crippen LogP contribution in [0.3, 0.4) is 0 Å². The number of oxazole rings is 1. The number of nitrogens with zero attached hydrogens (tertiary/aromatic N) is 2. The summed E-state index contributed by atoms with van der Waals surface area (Å²) in [6.07, 6.45) is 0. The number of benzene rings is 2. The van der Waals surface area contributed by atoms with Crippen LogP contribution in [-0.2, 0) is 11.3 Å². The maximum Gasteiger partial charge on any atom is 0.420 e. The smallest absolute Gasteiger partial charge is 0.408 e. The second-order valence-electron chi connectivity index (χ2n) is 5.78. The van der Waals surface area contributed by atoms with E-state index in [9.17, 15) is 18.4 Å². The minimum Gasteiger partial charge on any atom is -0.408 e. The van der Waals surface area contributed by atoms with Crippen LogP contribution in [0, 0.1) is 11.6 Å². The van der Waals surface area contributed by atoms with E-state index < -0.39 is 23.4 Å². The molecule has 3 rings (SSSR count). The Kier molecular flexibility index (Phi) is 4.39. The fraction of sp³-hybridized carbons (Fsp3) is 0.222. The molecule has 3 aromatic rings. The van der Waals surface area contributed by atoms with E-state index in [-0.39, 0.29) is 12.5 Å². The highest BCUT2D eigenvalue weighted by molar-refractivity contribution is 5.79. The number of halogens is 2. The van der Waals surface area contributed by atoms with Crippen molar-refractivity contribution < 1.29 is 18.0 Å². The van der Waals surface area contributed by atoms with Crippen LogP contribution in [0.25, 0.3) is 11.1 Å². The van der Waals surface area contributed by atoms with E-state index in [1.807, 2.05) is 0 Å². The highest BCUT2D eigenvalue weighted by atomic mass is 19.2. The van der Waals surface area contributed by atoms with Gasteiger partial charge >= 0.3 is 5.76 Å². The zero-order valence-corrected chi connectivity index (χ0v) is 13.7. The van der Waals surface area contributed by atoms with Crippen molar-refractivity contribution in [3.63, 3.8) is 0 Å². The molecule has 0 spiro atoms. The van der Waals surface area contributed by atoms with Gasteiger partial charge in [0.1, 0.15) is 6.54 Å². The van der Waals surface area contributed by atoms with Crippen LogP contribution in [0.4, 0.5) is 8.78 Å². The molecule has 0 fully saturated rings. The molecule has 0 N–H and O–H groups in total. The van der Waals surface area contributed by atoms with Crippen LogP contribution in [0.5, 0.6) is 0 Å². The molecule has 0 saturated heterocycles. The molecular formula is C18H16F2N2O3. The minimum atomic E-state index is -0.970. The van der Waals surface area contributed by atoms with Gasteiger partial charge in [-0.2, -0.15) is 0 Å². The van der Waals surface area contributed by atoms with Crippen molar-refractivity contribution in [2.45, 2.75) is 19.5 Å². The molecule has 25 heavy (non-hydrogen) atoms. The lowest BCUT2D eigenvalue weighted by atomic mass is 10.1. The van der Waals surface area contributed by atoms with Crippen LogP contribution in [-0.4, -0.2) is 22.4 Å². The number of likely N-dealkylation sites (N-methyl/N-ethyl adjacent to an activating group) is 1. The highest BCUT2D eigenvalue weighted by Gasteiger charge is 2.21. The highest BCUT2D eigenvalue weighted by Crippen LogP contribution is 2.21. The fourth-order valence-corrected chi connectivity index (χ4v) is 2.62. The molecule has 5 nitrogen and oxygen atoms in total. The lowest BCUT2D eigenvalue weighted by Crippen LogP contribution is -2.34. The molecule has 0 aliphatic carbocycles. The number of para-hydroxylation sites is 2. The summed E-state index contributed by atoms with van der Waals surface area (Å²) in [4.78, 5) is 25.9. The Morgan fingerprint density at radius 2 is 1.92 bits per heavy atom. The quantitative estimate of drug-likeness (QED) is 0.729. The van der Waals surface area contributed by atoms with Crippen molar-refractivity contribution in [3.8, 4) is 0 Å². The van der Waals surface area contributed by atoms with Crippen LogP contribution < -0.4 is 5.76 Å². The third-order valence-electron chi connectivity index (χ3n) is 4.27. The lowest BCUT2D eigenvalue weighted by molar-refractivity contribution is -0.132. The van der Waals surface area contributed by atoms with E-state index in [0.29, 0.717) is 16.7 Å². The van der Waals surface area contributed by atoms with Gasteiger partial charge in [0, 0.05) is 7.05 Å². The van der Waals surface area contributed by atoms with Gasteiger partial charge in [0.05, 0.1) is 11.6 Å². The number of carbonyl (C=O) groups is 1. The van der Waals surface area contributed by atoms with Crippen molar-refractivity contribution >= 4 is 17.0 Å². The number of fused-ring (bicyclic) bond motifs is 1. The molecule has 0 aliphatic heterocycles. The molecule has 1 heterocycles. The molecule has 130 valence electrons. The first-order chi connectivity index (χ1) is 11.9. The molecule has 1 atom stereocenters. The van der Waals surface area contributed by atoms with Crippen molar-refractivity contribution in [1.29, 1.82) is 0 Å². The third kappa shape index (κ3) is 3.17. The summed E-state index contributed by atoms with van der Waals surface area (Å²) in [5, 5.41) is 0. The zero-order valence-electron chi connectivity index (χ0n) is 13.7. The molecule has 0 bridgehead atoms. The monoisotopic (exact) mass is 346 g/mol. The number of carbonyl (C=O) groups excluding carboxylic acids is 1. The van der Waals surface area contributed by atoms with E-state index >= 15 is 0 Å². The zero-order chi connectivity index (χ0) is 18.1. The van der Waals surface area contributed by atoms with Gasteiger partial charge in [-0.1, -0.05) is 18.2 Å². The molecule has 0 aliphatic rings. The third-order valence-corrected chi connectivity index (χ3v) is 4.27.